The van der Waals surface area contributed by atoms with Crippen molar-refractivity contribution in [1.29, 1.82) is 0 Å². The van der Waals surface area contributed by atoms with Crippen molar-refractivity contribution in [3.8, 4) is 28.5 Å². The molecule has 1 aliphatic rings. The average Bonchev–Trinajstić information content (AvgIpc) is 3.38. The third kappa shape index (κ3) is 4.84. The van der Waals surface area contributed by atoms with Gasteiger partial charge in [-0.05, 0) is 55.5 Å². The zero-order valence-electron chi connectivity index (χ0n) is 20.7. The maximum Gasteiger partial charge on any atom is 0.273 e. The molecule has 0 saturated heterocycles. The van der Waals surface area contributed by atoms with E-state index < -0.39 is 6.04 Å². The van der Waals surface area contributed by atoms with E-state index in [0.29, 0.717) is 59.5 Å². The Kier molecular flexibility index (Phi) is 7.31. The summed E-state index contributed by atoms with van der Waals surface area (Å²) in [4.78, 5) is 15.1. The molecule has 8 heteroatoms. The van der Waals surface area contributed by atoms with Crippen molar-refractivity contribution in [2.75, 3.05) is 26.9 Å². The molecule has 186 valence electrons. The molecule has 3 aromatic rings. The number of methoxy groups -OCH3 is 1. The summed E-state index contributed by atoms with van der Waals surface area (Å²) in [6.45, 7) is 7.16. The van der Waals surface area contributed by atoms with Crippen molar-refractivity contribution in [3.05, 3.63) is 58.8 Å². The number of carbonyl (C=O) groups excluding carboxylic acids is 1. The van der Waals surface area contributed by atoms with Crippen molar-refractivity contribution in [2.45, 2.75) is 39.7 Å². The van der Waals surface area contributed by atoms with Gasteiger partial charge in [0, 0.05) is 24.3 Å². The number of fused-ring (bicyclic) bond motifs is 1. The van der Waals surface area contributed by atoms with Gasteiger partial charge in [-0.3, -0.25) is 9.89 Å². The lowest BCUT2D eigenvalue weighted by molar-refractivity contribution is 0.0732. The Balaban J connectivity index is 1.79. The highest BCUT2D eigenvalue weighted by atomic mass is 16.5. The third-order valence-electron chi connectivity index (χ3n) is 6.28. The van der Waals surface area contributed by atoms with E-state index >= 15 is 0 Å². The van der Waals surface area contributed by atoms with Gasteiger partial charge in [0.05, 0.1) is 19.8 Å². The van der Waals surface area contributed by atoms with Gasteiger partial charge in [-0.15, -0.1) is 0 Å². The molecule has 1 atom stereocenters. The zero-order chi connectivity index (χ0) is 25.1. The monoisotopic (exact) mass is 479 g/mol. The van der Waals surface area contributed by atoms with E-state index in [9.17, 15) is 15.0 Å². The minimum absolute atomic E-state index is 0.0276. The Labute approximate surface area is 205 Å². The van der Waals surface area contributed by atoms with Gasteiger partial charge in [-0.1, -0.05) is 31.5 Å². The van der Waals surface area contributed by atoms with Crippen LogP contribution in [0.3, 0.4) is 0 Å². The molecule has 2 aromatic carbocycles. The molecule has 0 fully saturated rings. The van der Waals surface area contributed by atoms with E-state index in [1.54, 1.807) is 18.1 Å². The van der Waals surface area contributed by atoms with Crippen molar-refractivity contribution in [1.82, 2.24) is 15.1 Å². The van der Waals surface area contributed by atoms with Crippen molar-refractivity contribution < 1.29 is 24.5 Å². The molecular formula is C27H33N3O5. The highest BCUT2D eigenvalue weighted by Gasteiger charge is 2.42. The number of rotatable bonds is 10. The number of aromatic hydroxyl groups is 1. The molecule has 1 amide bonds. The predicted octanol–water partition coefficient (Wildman–Crippen LogP) is 4.45. The van der Waals surface area contributed by atoms with Crippen LogP contribution in [-0.4, -0.2) is 58.1 Å². The summed E-state index contributed by atoms with van der Waals surface area (Å²) in [5.74, 6) is 1.66. The van der Waals surface area contributed by atoms with E-state index in [-0.39, 0.29) is 18.3 Å². The van der Waals surface area contributed by atoms with Gasteiger partial charge in [0.2, 0.25) is 0 Å². The number of carbonyl (C=O) groups is 1. The summed E-state index contributed by atoms with van der Waals surface area (Å²) in [6, 6.07) is 10.5. The number of ether oxygens (including phenoxy) is 2. The summed E-state index contributed by atoms with van der Waals surface area (Å²) in [5.41, 5.74) is 3.98. The lowest BCUT2D eigenvalue weighted by atomic mass is 9.94. The summed E-state index contributed by atoms with van der Waals surface area (Å²) >= 11 is 0. The lowest BCUT2D eigenvalue weighted by Crippen LogP contribution is -2.31. The van der Waals surface area contributed by atoms with Crippen LogP contribution in [0.25, 0.3) is 11.3 Å². The summed E-state index contributed by atoms with van der Waals surface area (Å²) < 4.78 is 11.6. The number of aryl methyl sites for hydroxylation is 1. The first kappa shape index (κ1) is 24.6. The van der Waals surface area contributed by atoms with E-state index in [1.807, 2.05) is 37.3 Å². The van der Waals surface area contributed by atoms with Crippen LogP contribution in [0.1, 0.15) is 59.9 Å². The Hall–Kier alpha value is -3.52. The molecule has 2 heterocycles. The topological polar surface area (TPSA) is 108 Å². The summed E-state index contributed by atoms with van der Waals surface area (Å²) in [7, 11) is 1.59. The van der Waals surface area contributed by atoms with Crippen LogP contribution in [0.5, 0.6) is 17.2 Å². The average molecular weight is 480 g/mol. The highest BCUT2D eigenvalue weighted by molar-refractivity contribution is 6.00. The molecule has 0 radical (unpaired) electrons. The molecule has 0 spiro atoms. The Morgan fingerprint density at radius 2 is 1.97 bits per heavy atom. The Morgan fingerprint density at radius 1 is 1.17 bits per heavy atom. The maximum absolute atomic E-state index is 13.4. The second-order valence-electron chi connectivity index (χ2n) is 9.30. The molecule has 8 nitrogen and oxygen atoms in total. The number of H-pyrrole nitrogens is 1. The molecular weight excluding hydrogens is 446 g/mol. The molecule has 35 heavy (non-hydrogen) atoms. The number of aromatic amines is 1. The van der Waals surface area contributed by atoms with E-state index in [4.69, 9.17) is 9.47 Å². The van der Waals surface area contributed by atoms with Gasteiger partial charge >= 0.3 is 0 Å². The summed E-state index contributed by atoms with van der Waals surface area (Å²) in [6.07, 6.45) is 1.37. The molecule has 0 saturated carbocycles. The van der Waals surface area contributed by atoms with Crippen molar-refractivity contribution in [3.63, 3.8) is 0 Å². The van der Waals surface area contributed by atoms with Crippen LogP contribution in [0.2, 0.25) is 0 Å². The molecule has 0 bridgehead atoms. The van der Waals surface area contributed by atoms with Gasteiger partial charge in [0.1, 0.15) is 17.1 Å². The SMILES string of the molecule is COc1cc(C2c3c(-c4cc(C)ccc4O)n[nH]c3C(=O)N2CCCO)ccc1OCCC(C)C. The molecule has 1 aliphatic heterocycles. The van der Waals surface area contributed by atoms with Crippen LogP contribution in [-0.2, 0) is 0 Å². The van der Waals surface area contributed by atoms with Crippen LogP contribution < -0.4 is 9.47 Å². The van der Waals surface area contributed by atoms with Gasteiger partial charge in [-0.2, -0.15) is 5.10 Å². The predicted molar refractivity (Wildman–Crippen MR) is 133 cm³/mol. The fourth-order valence-electron chi connectivity index (χ4n) is 4.44. The fourth-order valence-corrected chi connectivity index (χ4v) is 4.44. The first-order valence-electron chi connectivity index (χ1n) is 12.0. The molecule has 0 aliphatic carbocycles. The fraction of sp³-hybridized carbons (Fsp3) is 0.407. The standard InChI is InChI=1S/C27H33N3O5/c1-16(2)10-13-35-21-9-7-18(15-22(21)34-4)26-23-24(19-14-17(3)6-8-20(19)32)28-29-25(23)27(33)30(26)11-5-12-31/h6-9,14-16,26,31-32H,5,10-13H2,1-4H3,(H,28,29). The van der Waals surface area contributed by atoms with Crippen molar-refractivity contribution >= 4 is 5.91 Å². The Morgan fingerprint density at radius 3 is 2.69 bits per heavy atom. The number of aromatic nitrogens is 2. The number of aliphatic hydroxyl groups excluding tert-OH is 1. The molecule has 1 aromatic heterocycles. The quantitative estimate of drug-likeness (QED) is 0.396. The normalized spacial score (nSPS) is 15.1. The first-order chi connectivity index (χ1) is 16.8. The van der Waals surface area contributed by atoms with E-state index in [2.05, 4.69) is 24.0 Å². The number of phenolic OH excluding ortho intramolecular Hbond substituents is 1. The van der Waals surface area contributed by atoms with Crippen LogP contribution in [0, 0.1) is 12.8 Å². The molecule has 1 unspecified atom stereocenters. The van der Waals surface area contributed by atoms with Gasteiger partial charge in [-0.25, -0.2) is 0 Å². The highest BCUT2D eigenvalue weighted by Crippen LogP contribution is 2.46. The van der Waals surface area contributed by atoms with Crippen LogP contribution >= 0.6 is 0 Å². The lowest BCUT2D eigenvalue weighted by Gasteiger charge is -2.27. The first-order valence-corrected chi connectivity index (χ1v) is 12.0. The molecule has 4 rings (SSSR count). The molecule has 3 N–H and O–H groups in total. The number of hydrogen-bond donors (Lipinski definition) is 3. The van der Waals surface area contributed by atoms with Gasteiger partial charge < -0.3 is 24.6 Å². The second kappa shape index (κ2) is 10.4. The number of benzene rings is 2. The number of hydrogen-bond acceptors (Lipinski definition) is 6. The minimum atomic E-state index is -0.462. The van der Waals surface area contributed by atoms with Crippen LogP contribution in [0.15, 0.2) is 36.4 Å². The Bertz CT molecular complexity index is 1200. The van der Waals surface area contributed by atoms with Crippen LogP contribution in [0.4, 0.5) is 0 Å². The zero-order valence-corrected chi connectivity index (χ0v) is 20.7. The number of aliphatic hydroxyl groups is 1. The number of nitrogens with zero attached hydrogens (tertiary/aromatic N) is 2. The largest absolute Gasteiger partial charge is 0.507 e. The van der Waals surface area contributed by atoms with Gasteiger partial charge in [0.25, 0.3) is 5.91 Å². The smallest absolute Gasteiger partial charge is 0.273 e. The number of phenols is 1. The second-order valence-corrected chi connectivity index (χ2v) is 9.30. The van der Waals surface area contributed by atoms with E-state index in [0.717, 1.165) is 17.5 Å². The number of nitrogens with one attached hydrogen (secondary N) is 1. The summed E-state index contributed by atoms with van der Waals surface area (Å²) in [5, 5.41) is 27.4. The van der Waals surface area contributed by atoms with Gasteiger partial charge in [0.15, 0.2) is 11.5 Å². The minimum Gasteiger partial charge on any atom is -0.507 e. The number of amides is 1. The maximum atomic E-state index is 13.4. The van der Waals surface area contributed by atoms with E-state index in [1.165, 1.54) is 0 Å². The third-order valence-corrected chi connectivity index (χ3v) is 6.28. The van der Waals surface area contributed by atoms with Crippen molar-refractivity contribution in [2.24, 2.45) is 5.92 Å².